The van der Waals surface area contributed by atoms with Crippen molar-refractivity contribution in [2.45, 2.75) is 32.9 Å². The van der Waals surface area contributed by atoms with Crippen LogP contribution < -0.4 is 5.32 Å². The first-order valence-corrected chi connectivity index (χ1v) is 7.95. The Kier molecular flexibility index (Phi) is 5.32. The summed E-state index contributed by atoms with van der Waals surface area (Å²) >= 11 is 2.06. The number of nitrogens with one attached hydrogen (secondary N) is 1. The maximum atomic E-state index is 4.49. The van der Waals surface area contributed by atoms with E-state index >= 15 is 0 Å². The highest BCUT2D eigenvalue weighted by molar-refractivity contribution is 7.99. The lowest BCUT2D eigenvalue weighted by Gasteiger charge is -2.32. The highest BCUT2D eigenvalue weighted by Crippen LogP contribution is 2.18. The zero-order valence-electron chi connectivity index (χ0n) is 11.4. The van der Waals surface area contributed by atoms with Crippen molar-refractivity contribution in [3.05, 3.63) is 24.0 Å². The maximum absolute atomic E-state index is 4.49. The summed E-state index contributed by atoms with van der Waals surface area (Å²) < 4.78 is 0. The summed E-state index contributed by atoms with van der Waals surface area (Å²) in [6.45, 7) is 7.68. The molecule has 4 heteroatoms. The molecule has 1 N–H and O–H groups in total. The van der Waals surface area contributed by atoms with E-state index in [0.717, 1.165) is 19.5 Å². The molecule has 1 aromatic heterocycles. The summed E-state index contributed by atoms with van der Waals surface area (Å²) in [5.74, 6) is 2.49. The van der Waals surface area contributed by atoms with Gasteiger partial charge < -0.3 is 5.32 Å². The topological polar surface area (TPSA) is 28.2 Å². The van der Waals surface area contributed by atoms with Crippen molar-refractivity contribution in [3.8, 4) is 0 Å². The summed E-state index contributed by atoms with van der Waals surface area (Å²) in [6, 6.07) is 4.90. The Morgan fingerprint density at radius 2 is 2.44 bits per heavy atom. The van der Waals surface area contributed by atoms with Crippen molar-refractivity contribution in [2.75, 3.05) is 29.9 Å². The minimum atomic E-state index is 0.665. The standard InChI is InChI=1S/C14H23N3S/c1-3-5-15-13-4-6-16-14(9-13)10-17-7-8-18-11-12(17)2/h4,6,9,12H,3,5,7-8,10-11H2,1-2H3,(H,15,16). The van der Waals surface area contributed by atoms with Crippen LogP contribution >= 0.6 is 11.8 Å². The van der Waals surface area contributed by atoms with Gasteiger partial charge in [-0.05, 0) is 25.5 Å². The van der Waals surface area contributed by atoms with Crippen LogP contribution in [0.4, 0.5) is 5.69 Å². The lowest BCUT2D eigenvalue weighted by molar-refractivity contribution is 0.221. The molecule has 0 spiro atoms. The first kappa shape index (κ1) is 13.7. The number of anilines is 1. The molecule has 0 aromatic carbocycles. The van der Waals surface area contributed by atoms with Crippen LogP contribution in [0.25, 0.3) is 0 Å². The molecule has 0 amide bonds. The molecule has 0 bridgehead atoms. The quantitative estimate of drug-likeness (QED) is 0.886. The molecule has 0 aliphatic carbocycles. The van der Waals surface area contributed by atoms with E-state index in [2.05, 4.69) is 52.9 Å². The highest BCUT2D eigenvalue weighted by Gasteiger charge is 2.18. The molecular weight excluding hydrogens is 242 g/mol. The number of rotatable bonds is 5. The molecule has 1 saturated heterocycles. The van der Waals surface area contributed by atoms with Gasteiger partial charge in [0, 0.05) is 49.1 Å². The third kappa shape index (κ3) is 3.89. The summed E-state index contributed by atoms with van der Waals surface area (Å²) in [7, 11) is 0. The van der Waals surface area contributed by atoms with Gasteiger partial charge in [-0.2, -0.15) is 11.8 Å². The molecule has 1 unspecified atom stereocenters. The molecule has 18 heavy (non-hydrogen) atoms. The van der Waals surface area contributed by atoms with Gasteiger partial charge in [0.1, 0.15) is 0 Å². The molecule has 0 saturated carbocycles. The highest BCUT2D eigenvalue weighted by atomic mass is 32.2. The van der Waals surface area contributed by atoms with Gasteiger partial charge in [-0.3, -0.25) is 9.88 Å². The molecule has 1 atom stereocenters. The van der Waals surface area contributed by atoms with Crippen LogP contribution in [0, 0.1) is 0 Å². The van der Waals surface area contributed by atoms with Gasteiger partial charge >= 0.3 is 0 Å². The van der Waals surface area contributed by atoms with Crippen LogP contribution in [0.15, 0.2) is 18.3 Å². The molecular formula is C14H23N3S. The monoisotopic (exact) mass is 265 g/mol. The van der Waals surface area contributed by atoms with Crippen LogP contribution in [-0.4, -0.2) is 40.5 Å². The maximum Gasteiger partial charge on any atom is 0.0564 e. The minimum Gasteiger partial charge on any atom is -0.385 e. The molecule has 1 aromatic rings. The second-order valence-electron chi connectivity index (χ2n) is 4.86. The number of nitrogens with zero attached hydrogens (tertiary/aromatic N) is 2. The van der Waals surface area contributed by atoms with Crippen molar-refractivity contribution in [2.24, 2.45) is 0 Å². The molecule has 100 valence electrons. The van der Waals surface area contributed by atoms with Gasteiger partial charge in [-0.15, -0.1) is 0 Å². The van der Waals surface area contributed by atoms with Gasteiger partial charge in [0.25, 0.3) is 0 Å². The van der Waals surface area contributed by atoms with E-state index < -0.39 is 0 Å². The third-order valence-electron chi connectivity index (χ3n) is 3.27. The first-order valence-electron chi connectivity index (χ1n) is 6.80. The van der Waals surface area contributed by atoms with E-state index in [1.807, 2.05) is 6.20 Å². The van der Waals surface area contributed by atoms with Crippen LogP contribution in [0.2, 0.25) is 0 Å². The van der Waals surface area contributed by atoms with E-state index in [-0.39, 0.29) is 0 Å². The Morgan fingerprint density at radius 3 is 3.22 bits per heavy atom. The molecule has 1 aliphatic rings. The SMILES string of the molecule is CCCNc1ccnc(CN2CCSCC2C)c1. The number of aromatic nitrogens is 1. The molecule has 2 rings (SSSR count). The zero-order chi connectivity index (χ0) is 12.8. The lowest BCUT2D eigenvalue weighted by Crippen LogP contribution is -2.39. The average molecular weight is 265 g/mol. The first-order chi connectivity index (χ1) is 8.79. The molecule has 1 aliphatic heterocycles. The van der Waals surface area contributed by atoms with E-state index in [0.29, 0.717) is 6.04 Å². The van der Waals surface area contributed by atoms with Gasteiger partial charge in [0.05, 0.1) is 5.69 Å². The normalized spacial score (nSPS) is 20.9. The van der Waals surface area contributed by atoms with Crippen molar-refractivity contribution in [1.29, 1.82) is 0 Å². The van der Waals surface area contributed by atoms with Crippen molar-refractivity contribution >= 4 is 17.4 Å². The predicted octanol–water partition coefficient (Wildman–Crippen LogP) is 2.84. The number of thioether (sulfide) groups is 1. The van der Waals surface area contributed by atoms with Crippen LogP contribution in [0.5, 0.6) is 0 Å². The summed E-state index contributed by atoms with van der Waals surface area (Å²) in [6.07, 6.45) is 3.06. The predicted molar refractivity (Wildman–Crippen MR) is 80.2 cm³/mol. The molecule has 1 fully saturated rings. The Labute approximate surface area is 114 Å². The van der Waals surface area contributed by atoms with Gasteiger partial charge in [-0.1, -0.05) is 6.92 Å². The average Bonchev–Trinajstić information content (AvgIpc) is 2.40. The van der Waals surface area contributed by atoms with Crippen LogP contribution in [-0.2, 0) is 6.54 Å². The second kappa shape index (κ2) is 7.00. The number of hydrogen-bond donors (Lipinski definition) is 1. The fourth-order valence-corrected chi connectivity index (χ4v) is 3.23. The smallest absolute Gasteiger partial charge is 0.0564 e. The lowest BCUT2D eigenvalue weighted by atomic mass is 10.2. The zero-order valence-corrected chi connectivity index (χ0v) is 12.2. The summed E-state index contributed by atoms with van der Waals surface area (Å²) in [4.78, 5) is 7.02. The second-order valence-corrected chi connectivity index (χ2v) is 6.01. The Morgan fingerprint density at radius 1 is 1.56 bits per heavy atom. The largest absolute Gasteiger partial charge is 0.385 e. The molecule has 2 heterocycles. The van der Waals surface area contributed by atoms with Gasteiger partial charge in [0.15, 0.2) is 0 Å². The summed E-state index contributed by atoms with van der Waals surface area (Å²) in [5.41, 5.74) is 2.37. The van der Waals surface area contributed by atoms with Gasteiger partial charge in [0.2, 0.25) is 0 Å². The minimum absolute atomic E-state index is 0.665. The Bertz CT molecular complexity index is 370. The van der Waals surface area contributed by atoms with Crippen LogP contribution in [0.1, 0.15) is 26.0 Å². The van der Waals surface area contributed by atoms with E-state index in [1.54, 1.807) is 0 Å². The Hall–Kier alpha value is -0.740. The van der Waals surface area contributed by atoms with E-state index in [4.69, 9.17) is 0 Å². The number of pyridine rings is 1. The fraction of sp³-hybridized carbons (Fsp3) is 0.643. The summed E-state index contributed by atoms with van der Waals surface area (Å²) in [5, 5.41) is 3.42. The van der Waals surface area contributed by atoms with E-state index in [9.17, 15) is 0 Å². The van der Waals surface area contributed by atoms with Gasteiger partial charge in [-0.25, -0.2) is 0 Å². The molecule has 3 nitrogen and oxygen atoms in total. The fourth-order valence-electron chi connectivity index (χ4n) is 2.15. The Balaban J connectivity index is 1.95. The molecule has 0 radical (unpaired) electrons. The number of hydrogen-bond acceptors (Lipinski definition) is 4. The van der Waals surface area contributed by atoms with Crippen molar-refractivity contribution in [1.82, 2.24) is 9.88 Å². The van der Waals surface area contributed by atoms with Crippen molar-refractivity contribution < 1.29 is 0 Å². The third-order valence-corrected chi connectivity index (χ3v) is 4.46. The van der Waals surface area contributed by atoms with Crippen LogP contribution in [0.3, 0.4) is 0 Å². The van der Waals surface area contributed by atoms with E-state index in [1.165, 1.54) is 29.4 Å². The van der Waals surface area contributed by atoms with Crippen molar-refractivity contribution in [3.63, 3.8) is 0 Å².